The second-order valence-electron chi connectivity index (χ2n) is 3.51. The number of halogens is 1. The summed E-state index contributed by atoms with van der Waals surface area (Å²) in [5.41, 5.74) is 7.69. The summed E-state index contributed by atoms with van der Waals surface area (Å²) in [7, 11) is 0. The molecule has 3 aromatic heterocycles. The molecule has 0 fully saturated rings. The van der Waals surface area contributed by atoms with Crippen LogP contribution in [0.1, 0.15) is 0 Å². The summed E-state index contributed by atoms with van der Waals surface area (Å²) in [5.74, 6) is 0.507. The first-order valence-electron chi connectivity index (χ1n) is 4.95. The third-order valence-corrected chi connectivity index (χ3v) is 3.32. The number of pyridine rings is 1. The number of fused-ring (bicyclic) bond motifs is 1. The van der Waals surface area contributed by atoms with Gasteiger partial charge in [-0.15, -0.1) is 0 Å². The Bertz CT molecular complexity index is 677. The van der Waals surface area contributed by atoms with Crippen molar-refractivity contribution in [3.63, 3.8) is 0 Å². The molecule has 0 aromatic carbocycles. The zero-order valence-corrected chi connectivity index (χ0v) is 10.9. The minimum atomic E-state index is 0.507. The maximum Gasteiger partial charge on any atom is 0.151 e. The maximum absolute atomic E-state index is 5.87. The Balaban J connectivity index is 2.36. The predicted octanol–water partition coefficient (Wildman–Crippen LogP) is 2.00. The van der Waals surface area contributed by atoms with Crippen LogP contribution < -0.4 is 5.73 Å². The highest BCUT2D eigenvalue weighted by atomic mass is 127. The van der Waals surface area contributed by atoms with Crippen molar-refractivity contribution in [3.05, 3.63) is 40.6 Å². The highest BCUT2D eigenvalue weighted by Gasteiger charge is 2.12. The number of rotatable bonds is 1. The topological polar surface area (TPSA) is 69.6 Å². The third kappa shape index (κ3) is 1.64. The normalized spacial score (nSPS) is 10.9. The van der Waals surface area contributed by atoms with Crippen LogP contribution in [0.15, 0.2) is 37.1 Å². The highest BCUT2D eigenvalue weighted by molar-refractivity contribution is 14.1. The molecule has 3 aromatic rings. The Labute approximate surface area is 111 Å². The molecule has 2 N–H and O–H groups in total. The number of nitrogens with zero attached hydrogens (tertiary/aromatic N) is 4. The van der Waals surface area contributed by atoms with Crippen molar-refractivity contribution in [3.8, 4) is 5.69 Å². The lowest BCUT2D eigenvalue weighted by Crippen LogP contribution is -1.96. The molecular weight excluding hydrogens is 329 g/mol. The van der Waals surface area contributed by atoms with Gasteiger partial charge in [0.2, 0.25) is 0 Å². The first-order chi connectivity index (χ1) is 8.27. The van der Waals surface area contributed by atoms with Crippen LogP contribution in [-0.2, 0) is 0 Å². The average molecular weight is 337 g/mol. The van der Waals surface area contributed by atoms with Crippen molar-refractivity contribution >= 4 is 39.4 Å². The molecule has 0 aliphatic rings. The molecule has 5 nitrogen and oxygen atoms in total. The highest BCUT2D eigenvalue weighted by Crippen LogP contribution is 2.27. The van der Waals surface area contributed by atoms with E-state index in [2.05, 4.69) is 37.5 Å². The predicted molar refractivity (Wildman–Crippen MR) is 73.8 cm³/mol. The fraction of sp³-hybridized carbons (Fsp3) is 0. The van der Waals surface area contributed by atoms with Crippen molar-refractivity contribution in [1.29, 1.82) is 0 Å². The Hall–Kier alpha value is -1.70. The number of aromatic nitrogens is 4. The quantitative estimate of drug-likeness (QED) is 0.690. The van der Waals surface area contributed by atoms with Crippen LogP contribution in [0, 0.1) is 3.57 Å². The van der Waals surface area contributed by atoms with Gasteiger partial charge in [-0.05, 0) is 34.7 Å². The lowest BCUT2D eigenvalue weighted by molar-refractivity contribution is 1.07. The number of hydrogen-bond donors (Lipinski definition) is 1. The van der Waals surface area contributed by atoms with E-state index in [1.165, 1.54) is 6.33 Å². The molecule has 0 spiro atoms. The van der Waals surface area contributed by atoms with Gasteiger partial charge in [-0.25, -0.2) is 9.97 Å². The molecule has 0 unspecified atom stereocenters. The van der Waals surface area contributed by atoms with E-state index in [9.17, 15) is 0 Å². The Morgan fingerprint density at radius 2 is 1.94 bits per heavy atom. The fourth-order valence-electron chi connectivity index (χ4n) is 1.74. The molecule has 0 radical (unpaired) electrons. The Kier molecular flexibility index (Phi) is 2.43. The lowest BCUT2D eigenvalue weighted by Gasteiger charge is -2.03. The van der Waals surface area contributed by atoms with Crippen LogP contribution in [0.2, 0.25) is 0 Å². The summed E-state index contributed by atoms with van der Waals surface area (Å²) in [6.07, 6.45) is 6.97. The second kappa shape index (κ2) is 3.95. The van der Waals surface area contributed by atoms with E-state index in [0.717, 1.165) is 20.3 Å². The van der Waals surface area contributed by atoms with E-state index in [1.807, 2.05) is 22.9 Å². The van der Waals surface area contributed by atoms with Gasteiger partial charge in [-0.2, -0.15) is 0 Å². The van der Waals surface area contributed by atoms with Crippen LogP contribution in [0.5, 0.6) is 0 Å². The third-order valence-electron chi connectivity index (χ3n) is 2.51. The molecule has 0 aliphatic carbocycles. The fourth-order valence-corrected chi connectivity index (χ4v) is 2.54. The van der Waals surface area contributed by atoms with Crippen LogP contribution in [0.4, 0.5) is 5.82 Å². The minimum absolute atomic E-state index is 0.507. The van der Waals surface area contributed by atoms with Crippen molar-refractivity contribution in [2.24, 2.45) is 0 Å². The van der Waals surface area contributed by atoms with Gasteiger partial charge in [-0.3, -0.25) is 9.55 Å². The first kappa shape index (κ1) is 10.5. The molecule has 0 atom stereocenters. The number of anilines is 1. The van der Waals surface area contributed by atoms with Crippen molar-refractivity contribution < 1.29 is 0 Å². The van der Waals surface area contributed by atoms with Crippen molar-refractivity contribution in [1.82, 2.24) is 19.5 Å². The van der Waals surface area contributed by atoms with Crippen LogP contribution >= 0.6 is 22.6 Å². The molecule has 0 saturated carbocycles. The van der Waals surface area contributed by atoms with E-state index in [0.29, 0.717) is 5.82 Å². The van der Waals surface area contributed by atoms with E-state index < -0.39 is 0 Å². The molecule has 3 rings (SSSR count). The van der Waals surface area contributed by atoms with Gasteiger partial charge in [0, 0.05) is 22.2 Å². The summed E-state index contributed by atoms with van der Waals surface area (Å²) in [5, 5.41) is 0.893. The lowest BCUT2D eigenvalue weighted by atomic mass is 10.4. The Morgan fingerprint density at radius 1 is 1.18 bits per heavy atom. The van der Waals surface area contributed by atoms with E-state index in [1.54, 1.807) is 12.4 Å². The zero-order chi connectivity index (χ0) is 11.8. The van der Waals surface area contributed by atoms with Gasteiger partial charge in [-0.1, -0.05) is 0 Å². The molecular formula is C11H8IN5. The van der Waals surface area contributed by atoms with Gasteiger partial charge in [0.1, 0.15) is 12.1 Å². The van der Waals surface area contributed by atoms with Crippen LogP contribution in [-0.4, -0.2) is 19.5 Å². The van der Waals surface area contributed by atoms with Gasteiger partial charge >= 0.3 is 0 Å². The molecule has 84 valence electrons. The smallest absolute Gasteiger partial charge is 0.151 e. The molecule has 17 heavy (non-hydrogen) atoms. The number of hydrogen-bond acceptors (Lipinski definition) is 4. The summed E-state index contributed by atoms with van der Waals surface area (Å²) < 4.78 is 3.02. The van der Waals surface area contributed by atoms with Crippen LogP contribution in [0.25, 0.3) is 16.7 Å². The van der Waals surface area contributed by atoms with Crippen molar-refractivity contribution in [2.45, 2.75) is 0 Å². The number of nitrogen functional groups attached to an aromatic ring is 1. The maximum atomic E-state index is 5.87. The van der Waals surface area contributed by atoms with Crippen molar-refractivity contribution in [2.75, 3.05) is 5.73 Å². The standard InChI is InChI=1S/C11H8IN5/c12-8-5-17(7-1-3-14-4-2-7)11-9(8)10(13)15-6-16-11/h1-6H,(H2,13,15,16). The summed E-state index contributed by atoms with van der Waals surface area (Å²) in [6, 6.07) is 3.85. The average Bonchev–Trinajstić information content (AvgIpc) is 2.69. The molecule has 0 bridgehead atoms. The van der Waals surface area contributed by atoms with Gasteiger partial charge in [0.25, 0.3) is 0 Å². The summed E-state index contributed by atoms with van der Waals surface area (Å²) in [4.78, 5) is 12.3. The molecule has 3 heterocycles. The Morgan fingerprint density at radius 3 is 2.71 bits per heavy atom. The summed E-state index contributed by atoms with van der Waals surface area (Å²) >= 11 is 2.23. The van der Waals surface area contributed by atoms with E-state index in [-0.39, 0.29) is 0 Å². The van der Waals surface area contributed by atoms with Crippen LogP contribution in [0.3, 0.4) is 0 Å². The molecule has 6 heteroatoms. The van der Waals surface area contributed by atoms with Gasteiger partial charge in [0.15, 0.2) is 5.65 Å². The largest absolute Gasteiger partial charge is 0.383 e. The molecule has 0 aliphatic heterocycles. The van der Waals surface area contributed by atoms with E-state index in [4.69, 9.17) is 5.73 Å². The number of nitrogens with two attached hydrogens (primary N) is 1. The van der Waals surface area contributed by atoms with Gasteiger partial charge < -0.3 is 5.73 Å². The SMILES string of the molecule is Nc1ncnc2c1c(I)cn2-c1ccncc1. The minimum Gasteiger partial charge on any atom is -0.383 e. The molecule has 0 amide bonds. The van der Waals surface area contributed by atoms with E-state index >= 15 is 0 Å². The zero-order valence-electron chi connectivity index (χ0n) is 8.71. The van der Waals surface area contributed by atoms with Gasteiger partial charge in [0.05, 0.1) is 11.1 Å². The summed E-state index contributed by atoms with van der Waals surface area (Å²) in [6.45, 7) is 0. The second-order valence-corrected chi connectivity index (χ2v) is 4.67. The molecule has 0 saturated heterocycles. The monoisotopic (exact) mass is 337 g/mol. The first-order valence-corrected chi connectivity index (χ1v) is 6.02.